The first kappa shape index (κ1) is 17.8. The number of ether oxygens (including phenoxy) is 1. The fourth-order valence-corrected chi connectivity index (χ4v) is 2.55. The van der Waals surface area contributed by atoms with Gasteiger partial charge >= 0.3 is 0 Å². The van der Waals surface area contributed by atoms with Crippen LogP contribution in [-0.2, 0) is 11.3 Å². The van der Waals surface area contributed by atoms with Gasteiger partial charge in [-0.15, -0.1) is 12.4 Å². The number of amides is 1. The third-order valence-corrected chi connectivity index (χ3v) is 3.74. The fraction of sp³-hybridized carbons (Fsp3) is 0.533. The van der Waals surface area contributed by atoms with E-state index in [1.54, 1.807) is 7.11 Å². The Morgan fingerprint density at radius 1 is 1.48 bits per heavy atom. The van der Waals surface area contributed by atoms with E-state index >= 15 is 0 Å². The van der Waals surface area contributed by atoms with E-state index in [0.29, 0.717) is 25.6 Å². The lowest BCUT2D eigenvalue weighted by Gasteiger charge is -2.15. The third kappa shape index (κ3) is 5.19. The van der Waals surface area contributed by atoms with Crippen LogP contribution in [0, 0.1) is 5.92 Å². The lowest BCUT2D eigenvalue weighted by molar-refractivity contribution is -0.122. The molecule has 6 heteroatoms. The standard InChI is InChI=1S/C15H23N3O2.ClH/c1-20-14-5-3-2-4-13(14)9-17-15(19)11-18-7-6-12(8-16)10-18;/h2-5,12H,6-11,16H2,1H3,(H,17,19);1H. The zero-order valence-corrected chi connectivity index (χ0v) is 13.2. The minimum atomic E-state index is 0. The van der Waals surface area contributed by atoms with Crippen LogP contribution in [0.4, 0.5) is 0 Å². The van der Waals surface area contributed by atoms with E-state index < -0.39 is 0 Å². The highest BCUT2D eigenvalue weighted by Gasteiger charge is 2.22. The Hall–Kier alpha value is -1.30. The second-order valence-electron chi connectivity index (χ2n) is 5.21. The van der Waals surface area contributed by atoms with E-state index in [4.69, 9.17) is 10.5 Å². The molecule has 5 nitrogen and oxygen atoms in total. The number of likely N-dealkylation sites (tertiary alicyclic amines) is 1. The van der Waals surface area contributed by atoms with Gasteiger partial charge in [0.1, 0.15) is 5.75 Å². The molecule has 0 saturated carbocycles. The first-order chi connectivity index (χ1) is 9.72. The molecule has 0 radical (unpaired) electrons. The first-order valence-corrected chi connectivity index (χ1v) is 7.04. The molecule has 1 saturated heterocycles. The smallest absolute Gasteiger partial charge is 0.234 e. The van der Waals surface area contributed by atoms with Gasteiger partial charge in [0.15, 0.2) is 0 Å². The molecule has 0 aliphatic carbocycles. The third-order valence-electron chi connectivity index (χ3n) is 3.74. The van der Waals surface area contributed by atoms with Gasteiger partial charge in [0.05, 0.1) is 13.7 Å². The number of halogens is 1. The van der Waals surface area contributed by atoms with E-state index in [0.717, 1.165) is 30.8 Å². The second-order valence-corrected chi connectivity index (χ2v) is 5.21. The second kappa shape index (κ2) is 8.87. The zero-order chi connectivity index (χ0) is 14.4. The van der Waals surface area contributed by atoms with Crippen LogP contribution >= 0.6 is 12.4 Å². The Balaban J connectivity index is 0.00000220. The van der Waals surface area contributed by atoms with Crippen molar-refractivity contribution in [1.82, 2.24) is 10.2 Å². The average molecular weight is 314 g/mol. The summed E-state index contributed by atoms with van der Waals surface area (Å²) < 4.78 is 5.26. The first-order valence-electron chi connectivity index (χ1n) is 7.04. The molecule has 1 heterocycles. The number of carbonyl (C=O) groups excluding carboxylic acids is 1. The molecule has 1 amide bonds. The highest BCUT2D eigenvalue weighted by atomic mass is 35.5. The molecule has 1 fully saturated rings. The number of hydrogen-bond donors (Lipinski definition) is 2. The minimum Gasteiger partial charge on any atom is -0.496 e. The van der Waals surface area contributed by atoms with Crippen molar-refractivity contribution >= 4 is 18.3 Å². The van der Waals surface area contributed by atoms with E-state index in [9.17, 15) is 4.79 Å². The van der Waals surface area contributed by atoms with Gasteiger partial charge in [-0.3, -0.25) is 9.69 Å². The van der Waals surface area contributed by atoms with Crippen molar-refractivity contribution < 1.29 is 9.53 Å². The van der Waals surface area contributed by atoms with E-state index in [-0.39, 0.29) is 18.3 Å². The van der Waals surface area contributed by atoms with E-state index in [1.807, 2.05) is 24.3 Å². The maximum absolute atomic E-state index is 11.9. The van der Waals surface area contributed by atoms with Gasteiger partial charge in [-0.25, -0.2) is 0 Å². The normalized spacial score (nSPS) is 18.1. The topological polar surface area (TPSA) is 67.6 Å². The summed E-state index contributed by atoms with van der Waals surface area (Å²) in [5, 5.41) is 2.94. The van der Waals surface area contributed by atoms with Crippen molar-refractivity contribution in [2.24, 2.45) is 11.7 Å². The van der Waals surface area contributed by atoms with Crippen LogP contribution in [0.5, 0.6) is 5.75 Å². The molecular weight excluding hydrogens is 290 g/mol. The van der Waals surface area contributed by atoms with Crippen LogP contribution in [0.1, 0.15) is 12.0 Å². The number of methoxy groups -OCH3 is 1. The highest BCUT2D eigenvalue weighted by Crippen LogP contribution is 2.17. The maximum atomic E-state index is 11.9. The van der Waals surface area contributed by atoms with Crippen LogP contribution < -0.4 is 15.8 Å². The molecule has 1 unspecified atom stereocenters. The Morgan fingerprint density at radius 3 is 2.90 bits per heavy atom. The van der Waals surface area contributed by atoms with Crippen LogP contribution in [0.2, 0.25) is 0 Å². The van der Waals surface area contributed by atoms with Crippen molar-refractivity contribution in [3.05, 3.63) is 29.8 Å². The van der Waals surface area contributed by atoms with Gasteiger partial charge in [0.2, 0.25) is 5.91 Å². The summed E-state index contributed by atoms with van der Waals surface area (Å²) in [6.07, 6.45) is 1.09. The van der Waals surface area contributed by atoms with Crippen LogP contribution in [0.25, 0.3) is 0 Å². The summed E-state index contributed by atoms with van der Waals surface area (Å²) in [7, 11) is 1.64. The summed E-state index contributed by atoms with van der Waals surface area (Å²) in [4.78, 5) is 14.1. The predicted molar refractivity (Wildman–Crippen MR) is 85.7 cm³/mol. The van der Waals surface area contributed by atoms with E-state index in [1.165, 1.54) is 0 Å². The number of rotatable bonds is 6. The number of para-hydroxylation sites is 1. The number of nitrogens with one attached hydrogen (secondary N) is 1. The number of carbonyl (C=O) groups is 1. The van der Waals surface area contributed by atoms with Gasteiger partial charge < -0.3 is 15.8 Å². The number of hydrogen-bond acceptors (Lipinski definition) is 4. The van der Waals surface area contributed by atoms with Gasteiger partial charge in [-0.2, -0.15) is 0 Å². The van der Waals surface area contributed by atoms with Gasteiger partial charge in [-0.1, -0.05) is 18.2 Å². The lowest BCUT2D eigenvalue weighted by atomic mass is 10.1. The maximum Gasteiger partial charge on any atom is 0.234 e. The van der Waals surface area contributed by atoms with Crippen LogP contribution in [-0.4, -0.2) is 44.1 Å². The van der Waals surface area contributed by atoms with Crippen molar-refractivity contribution in [3.63, 3.8) is 0 Å². The van der Waals surface area contributed by atoms with Crippen LogP contribution in [0.15, 0.2) is 24.3 Å². The Labute approximate surface area is 132 Å². The van der Waals surface area contributed by atoms with Crippen LogP contribution in [0.3, 0.4) is 0 Å². The number of nitrogens with two attached hydrogens (primary N) is 1. The molecule has 21 heavy (non-hydrogen) atoms. The summed E-state index contributed by atoms with van der Waals surface area (Å²) in [6.45, 7) is 3.55. The molecule has 1 aromatic rings. The SMILES string of the molecule is COc1ccccc1CNC(=O)CN1CCC(CN)C1.Cl. The minimum absolute atomic E-state index is 0. The van der Waals surface area contributed by atoms with Crippen molar-refractivity contribution in [3.8, 4) is 5.75 Å². The van der Waals surface area contributed by atoms with Crippen molar-refractivity contribution in [2.45, 2.75) is 13.0 Å². The van der Waals surface area contributed by atoms with Crippen molar-refractivity contribution in [2.75, 3.05) is 33.3 Å². The fourth-order valence-electron chi connectivity index (χ4n) is 2.55. The quantitative estimate of drug-likeness (QED) is 0.822. The monoisotopic (exact) mass is 313 g/mol. The summed E-state index contributed by atoms with van der Waals surface area (Å²) >= 11 is 0. The zero-order valence-electron chi connectivity index (χ0n) is 12.4. The van der Waals surface area contributed by atoms with Gasteiger partial charge in [0.25, 0.3) is 0 Å². The lowest BCUT2D eigenvalue weighted by Crippen LogP contribution is -2.36. The molecule has 1 aromatic carbocycles. The molecule has 118 valence electrons. The average Bonchev–Trinajstić information content (AvgIpc) is 2.93. The molecule has 3 N–H and O–H groups in total. The van der Waals surface area contributed by atoms with Gasteiger partial charge in [0, 0.05) is 18.7 Å². The summed E-state index contributed by atoms with van der Waals surface area (Å²) in [5.41, 5.74) is 6.64. The molecule has 0 bridgehead atoms. The number of nitrogens with zero attached hydrogens (tertiary/aromatic N) is 1. The predicted octanol–water partition coefficient (Wildman–Crippen LogP) is 1.01. The number of benzene rings is 1. The Kier molecular flexibility index (Phi) is 7.50. The Morgan fingerprint density at radius 2 is 2.24 bits per heavy atom. The summed E-state index contributed by atoms with van der Waals surface area (Å²) in [6, 6.07) is 7.71. The highest BCUT2D eigenvalue weighted by molar-refractivity contribution is 5.85. The van der Waals surface area contributed by atoms with Crippen molar-refractivity contribution in [1.29, 1.82) is 0 Å². The molecule has 2 rings (SSSR count). The van der Waals surface area contributed by atoms with Gasteiger partial charge in [-0.05, 0) is 31.5 Å². The molecule has 1 aliphatic heterocycles. The Bertz CT molecular complexity index is 456. The molecular formula is C15H24ClN3O2. The molecule has 0 aromatic heterocycles. The van der Waals surface area contributed by atoms with E-state index in [2.05, 4.69) is 10.2 Å². The summed E-state index contributed by atoms with van der Waals surface area (Å²) in [5.74, 6) is 1.39. The largest absolute Gasteiger partial charge is 0.496 e. The molecule has 1 atom stereocenters. The molecule has 0 spiro atoms. The molecule has 1 aliphatic rings.